The Bertz CT molecular complexity index is 388. The first-order chi connectivity index (χ1) is 7.83. The van der Waals surface area contributed by atoms with Crippen molar-refractivity contribution >= 4 is 5.78 Å². The van der Waals surface area contributed by atoms with Gasteiger partial charge in [0.15, 0.2) is 5.78 Å². The Labute approximate surface area is 96.3 Å². The van der Waals surface area contributed by atoms with Crippen LogP contribution < -0.4 is 0 Å². The zero-order valence-electron chi connectivity index (χ0n) is 9.48. The smallest absolute Gasteiger partial charge is 0.183 e. The first-order valence-electron chi connectivity index (χ1n) is 6.18. The molecule has 0 amide bonds. The van der Waals surface area contributed by atoms with Gasteiger partial charge in [-0.3, -0.25) is 9.69 Å². The van der Waals surface area contributed by atoms with Gasteiger partial charge in [0.2, 0.25) is 0 Å². The number of carbonyl (C=O) groups is 1. The molecule has 0 aromatic heterocycles. The van der Waals surface area contributed by atoms with Crippen molar-refractivity contribution in [3.8, 4) is 0 Å². The first-order valence-corrected chi connectivity index (χ1v) is 6.18. The Balaban J connectivity index is 1.95. The van der Waals surface area contributed by atoms with Gasteiger partial charge in [0, 0.05) is 5.56 Å². The minimum atomic E-state index is -0.138. The fraction of sp³-hybridized carbons (Fsp3) is 0.500. The number of carbonyl (C=O) groups excluding carboxylic acids is 1. The molecule has 2 nitrogen and oxygen atoms in total. The summed E-state index contributed by atoms with van der Waals surface area (Å²) in [7, 11) is 0. The van der Waals surface area contributed by atoms with Crippen molar-refractivity contribution in [2.45, 2.75) is 31.2 Å². The molecule has 0 spiro atoms. The van der Waals surface area contributed by atoms with Crippen molar-refractivity contribution < 1.29 is 4.79 Å². The maximum Gasteiger partial charge on any atom is 0.183 e. The van der Waals surface area contributed by atoms with Crippen LogP contribution in [0.15, 0.2) is 30.3 Å². The number of ketones is 1. The molecule has 2 heterocycles. The van der Waals surface area contributed by atoms with E-state index in [1.165, 1.54) is 12.8 Å². The average molecular weight is 215 g/mol. The van der Waals surface area contributed by atoms with E-state index in [2.05, 4.69) is 4.90 Å². The molecule has 1 aromatic carbocycles. The Morgan fingerprint density at radius 2 is 1.69 bits per heavy atom. The van der Waals surface area contributed by atoms with E-state index < -0.39 is 0 Å². The molecule has 3 rings (SSSR count). The number of hydrogen-bond acceptors (Lipinski definition) is 2. The van der Waals surface area contributed by atoms with Gasteiger partial charge in [0.25, 0.3) is 0 Å². The number of nitrogens with zero attached hydrogens (tertiary/aromatic N) is 1. The molecule has 84 valence electrons. The predicted octanol–water partition coefficient (Wildman–Crippen LogP) is 2.50. The highest BCUT2D eigenvalue weighted by molar-refractivity contribution is 6.03. The molecule has 0 unspecified atom stereocenters. The highest BCUT2D eigenvalue weighted by atomic mass is 16.1. The highest BCUT2D eigenvalue weighted by Gasteiger charge is 2.49. The van der Waals surface area contributed by atoms with Gasteiger partial charge in [-0.25, -0.2) is 0 Å². The van der Waals surface area contributed by atoms with Crippen LogP contribution in [0.25, 0.3) is 0 Å². The molecule has 0 N–H and O–H groups in total. The van der Waals surface area contributed by atoms with Gasteiger partial charge < -0.3 is 0 Å². The van der Waals surface area contributed by atoms with Crippen molar-refractivity contribution in [3.63, 3.8) is 0 Å². The molecule has 0 radical (unpaired) electrons. The third kappa shape index (κ3) is 1.33. The predicted molar refractivity (Wildman–Crippen MR) is 63.5 cm³/mol. The summed E-state index contributed by atoms with van der Waals surface area (Å²) in [5, 5.41) is 0. The lowest BCUT2D eigenvalue weighted by Gasteiger charge is -2.30. The van der Waals surface area contributed by atoms with Crippen molar-refractivity contribution in [3.05, 3.63) is 35.9 Å². The molecule has 0 saturated carbocycles. The topological polar surface area (TPSA) is 20.3 Å². The summed E-state index contributed by atoms with van der Waals surface area (Å²) in [6.07, 6.45) is 4.47. The second kappa shape index (κ2) is 3.70. The number of Topliss-reactive ketones (excluding diaryl/α,β-unsaturated/α-hetero) is 1. The number of benzene rings is 1. The first kappa shape index (κ1) is 10.0. The fourth-order valence-corrected chi connectivity index (χ4v) is 3.33. The van der Waals surface area contributed by atoms with Gasteiger partial charge in [-0.15, -0.1) is 0 Å². The Morgan fingerprint density at radius 3 is 2.31 bits per heavy atom. The van der Waals surface area contributed by atoms with E-state index >= 15 is 0 Å². The highest BCUT2D eigenvalue weighted by Crippen LogP contribution is 2.40. The van der Waals surface area contributed by atoms with E-state index in [4.69, 9.17) is 0 Å². The van der Waals surface area contributed by atoms with Crippen molar-refractivity contribution in [1.82, 2.24) is 4.90 Å². The third-order valence-corrected chi connectivity index (χ3v) is 4.10. The molecule has 1 aromatic rings. The van der Waals surface area contributed by atoms with Crippen LogP contribution in [0.4, 0.5) is 0 Å². The van der Waals surface area contributed by atoms with E-state index in [1.54, 1.807) is 0 Å². The molecule has 0 bridgehead atoms. The minimum Gasteiger partial charge on any atom is -0.292 e. The molecule has 2 saturated heterocycles. The lowest BCUT2D eigenvalue weighted by molar-refractivity contribution is 0.0754. The normalized spacial score (nSPS) is 23.2. The molecule has 2 fully saturated rings. The summed E-state index contributed by atoms with van der Waals surface area (Å²) in [4.78, 5) is 15.0. The largest absolute Gasteiger partial charge is 0.292 e. The van der Waals surface area contributed by atoms with Crippen LogP contribution in [-0.2, 0) is 0 Å². The standard InChI is InChI=1S/C14H17NO/c16-13(12-6-2-1-3-7-12)14-8-4-10-15(14)11-5-9-14/h1-3,6-7H,4-5,8-11H2. The van der Waals surface area contributed by atoms with E-state index in [9.17, 15) is 4.79 Å². The molecule has 0 atom stereocenters. The Hall–Kier alpha value is -1.15. The molecule has 2 aliphatic rings. The van der Waals surface area contributed by atoms with Crippen molar-refractivity contribution in [2.75, 3.05) is 13.1 Å². The summed E-state index contributed by atoms with van der Waals surface area (Å²) in [5.41, 5.74) is 0.748. The molecular weight excluding hydrogens is 198 g/mol. The van der Waals surface area contributed by atoms with Gasteiger partial charge >= 0.3 is 0 Å². The zero-order chi connectivity index (χ0) is 11.0. The van der Waals surface area contributed by atoms with Gasteiger partial charge in [-0.1, -0.05) is 30.3 Å². The van der Waals surface area contributed by atoms with Crippen LogP contribution in [0.1, 0.15) is 36.0 Å². The maximum absolute atomic E-state index is 12.6. The van der Waals surface area contributed by atoms with Gasteiger partial charge in [0.05, 0.1) is 5.54 Å². The van der Waals surface area contributed by atoms with Crippen LogP contribution in [-0.4, -0.2) is 29.3 Å². The van der Waals surface area contributed by atoms with Crippen LogP contribution in [0, 0.1) is 0 Å². The van der Waals surface area contributed by atoms with Gasteiger partial charge in [-0.05, 0) is 38.8 Å². The number of fused-ring (bicyclic) bond motifs is 1. The zero-order valence-corrected chi connectivity index (χ0v) is 9.48. The molecule has 16 heavy (non-hydrogen) atoms. The third-order valence-electron chi connectivity index (χ3n) is 4.10. The van der Waals surface area contributed by atoms with Crippen LogP contribution in [0.3, 0.4) is 0 Å². The van der Waals surface area contributed by atoms with Crippen LogP contribution in [0.5, 0.6) is 0 Å². The molecule has 2 aliphatic heterocycles. The average Bonchev–Trinajstić information content (AvgIpc) is 2.88. The van der Waals surface area contributed by atoms with Crippen molar-refractivity contribution in [2.24, 2.45) is 0 Å². The van der Waals surface area contributed by atoms with Gasteiger partial charge in [0.1, 0.15) is 0 Å². The summed E-state index contributed by atoms with van der Waals surface area (Å²) in [6, 6.07) is 9.78. The van der Waals surface area contributed by atoms with Crippen LogP contribution >= 0.6 is 0 Å². The Kier molecular flexibility index (Phi) is 2.32. The summed E-state index contributed by atoms with van der Waals surface area (Å²) < 4.78 is 0. The lowest BCUT2D eigenvalue weighted by Crippen LogP contribution is -2.45. The van der Waals surface area contributed by atoms with Gasteiger partial charge in [-0.2, -0.15) is 0 Å². The quantitative estimate of drug-likeness (QED) is 0.706. The fourth-order valence-electron chi connectivity index (χ4n) is 3.33. The second-order valence-corrected chi connectivity index (χ2v) is 4.92. The minimum absolute atomic E-state index is 0.138. The SMILES string of the molecule is O=C(c1ccccc1)C12CCCN1CCC2. The molecule has 0 aliphatic carbocycles. The molecular formula is C14H17NO. The van der Waals surface area contributed by atoms with E-state index in [-0.39, 0.29) is 5.54 Å². The lowest BCUT2D eigenvalue weighted by atomic mass is 9.85. The van der Waals surface area contributed by atoms with E-state index in [1.807, 2.05) is 30.3 Å². The molecule has 2 heteroatoms. The van der Waals surface area contributed by atoms with E-state index in [0.29, 0.717) is 5.78 Å². The monoisotopic (exact) mass is 215 g/mol. The Morgan fingerprint density at radius 1 is 1.06 bits per heavy atom. The van der Waals surface area contributed by atoms with E-state index in [0.717, 1.165) is 31.5 Å². The summed E-state index contributed by atoms with van der Waals surface area (Å²) >= 11 is 0. The van der Waals surface area contributed by atoms with Crippen molar-refractivity contribution in [1.29, 1.82) is 0 Å². The second-order valence-electron chi connectivity index (χ2n) is 4.92. The number of hydrogen-bond donors (Lipinski definition) is 0. The number of rotatable bonds is 2. The maximum atomic E-state index is 12.6. The summed E-state index contributed by atoms with van der Waals surface area (Å²) in [5.74, 6) is 0.350. The van der Waals surface area contributed by atoms with Crippen LogP contribution in [0.2, 0.25) is 0 Å². The summed E-state index contributed by atoms with van der Waals surface area (Å²) in [6.45, 7) is 2.22.